The van der Waals surface area contributed by atoms with Crippen molar-refractivity contribution in [1.29, 1.82) is 0 Å². The molecule has 4 N–H and O–H groups in total. The monoisotopic (exact) mass is 306 g/mol. The van der Waals surface area contributed by atoms with Gasteiger partial charge in [-0.1, -0.05) is 6.07 Å². The molecule has 0 amide bonds. The number of H-pyrrole nitrogens is 1. The van der Waals surface area contributed by atoms with Gasteiger partial charge in [-0.3, -0.25) is 5.10 Å². The molecule has 1 aliphatic carbocycles. The highest BCUT2D eigenvalue weighted by Crippen LogP contribution is 2.32. The van der Waals surface area contributed by atoms with E-state index in [1.54, 1.807) is 6.92 Å². The molecular weight excluding hydrogens is 288 g/mol. The number of nitrogens with one attached hydrogen (secondary N) is 2. The lowest BCUT2D eigenvalue weighted by atomic mass is 9.88. The quantitative estimate of drug-likeness (QED) is 0.751. The van der Waals surface area contributed by atoms with Crippen LogP contribution < -0.4 is 10.5 Å². The van der Waals surface area contributed by atoms with Crippen molar-refractivity contribution in [3.8, 4) is 0 Å². The lowest BCUT2D eigenvalue weighted by molar-refractivity contribution is 0.507. The van der Waals surface area contributed by atoms with Gasteiger partial charge in [-0.05, 0) is 49.4 Å². The van der Waals surface area contributed by atoms with Crippen LogP contribution >= 0.6 is 0 Å². The zero-order chi connectivity index (χ0) is 15.0. The van der Waals surface area contributed by atoms with E-state index in [1.807, 2.05) is 18.2 Å². The van der Waals surface area contributed by atoms with Crippen LogP contribution in [-0.2, 0) is 16.4 Å². The van der Waals surface area contributed by atoms with E-state index in [-0.39, 0.29) is 10.9 Å². The number of aromatic nitrogens is 2. The second-order valence-corrected chi connectivity index (χ2v) is 7.07. The summed E-state index contributed by atoms with van der Waals surface area (Å²) in [7, 11) is -3.58. The summed E-state index contributed by atoms with van der Waals surface area (Å²) in [6.45, 7) is 1.69. The van der Waals surface area contributed by atoms with Crippen LogP contribution in [0.25, 0.3) is 0 Å². The summed E-state index contributed by atoms with van der Waals surface area (Å²) in [5.41, 5.74) is 9.19. The van der Waals surface area contributed by atoms with Crippen LogP contribution in [-0.4, -0.2) is 18.6 Å². The van der Waals surface area contributed by atoms with Crippen molar-refractivity contribution in [2.24, 2.45) is 0 Å². The third-order valence-corrected chi connectivity index (χ3v) is 5.44. The Kier molecular flexibility index (Phi) is 3.46. The van der Waals surface area contributed by atoms with Gasteiger partial charge in [0.1, 0.15) is 4.90 Å². The molecule has 112 valence electrons. The van der Waals surface area contributed by atoms with E-state index in [1.165, 1.54) is 6.20 Å². The fourth-order valence-electron chi connectivity index (χ4n) is 2.82. The van der Waals surface area contributed by atoms with Gasteiger partial charge >= 0.3 is 0 Å². The van der Waals surface area contributed by atoms with Gasteiger partial charge in [-0.15, -0.1) is 0 Å². The fourth-order valence-corrected chi connectivity index (χ4v) is 4.20. The average molecular weight is 306 g/mol. The maximum atomic E-state index is 12.5. The Labute approximate surface area is 123 Å². The summed E-state index contributed by atoms with van der Waals surface area (Å²) in [5, 5.41) is 6.43. The molecule has 0 radical (unpaired) electrons. The number of aryl methyl sites for hydroxylation is 2. The van der Waals surface area contributed by atoms with Gasteiger partial charge in [0.2, 0.25) is 10.0 Å². The van der Waals surface area contributed by atoms with Crippen molar-refractivity contribution in [2.75, 3.05) is 5.73 Å². The maximum Gasteiger partial charge on any atom is 0.244 e. The zero-order valence-corrected chi connectivity index (χ0v) is 12.6. The Hall–Kier alpha value is -1.86. The van der Waals surface area contributed by atoms with Crippen molar-refractivity contribution in [1.82, 2.24) is 14.9 Å². The molecular formula is C14H18N4O2S. The molecule has 1 unspecified atom stereocenters. The van der Waals surface area contributed by atoms with Gasteiger partial charge in [0.15, 0.2) is 0 Å². The predicted octanol–water partition coefficient (Wildman–Crippen LogP) is 1.66. The Morgan fingerprint density at radius 1 is 1.43 bits per heavy atom. The van der Waals surface area contributed by atoms with Crippen LogP contribution in [0.3, 0.4) is 0 Å². The van der Waals surface area contributed by atoms with E-state index in [2.05, 4.69) is 14.9 Å². The van der Waals surface area contributed by atoms with Crippen molar-refractivity contribution >= 4 is 15.7 Å². The lowest BCUT2D eigenvalue weighted by Gasteiger charge is -2.26. The number of benzene rings is 1. The predicted molar refractivity (Wildman–Crippen MR) is 80.2 cm³/mol. The molecule has 0 bridgehead atoms. The molecule has 1 heterocycles. The number of nitrogens with two attached hydrogens (primary N) is 1. The topological polar surface area (TPSA) is 101 Å². The molecule has 0 saturated heterocycles. The van der Waals surface area contributed by atoms with E-state index in [0.717, 1.165) is 30.4 Å². The molecule has 1 atom stereocenters. The highest BCUT2D eigenvalue weighted by atomic mass is 32.2. The van der Waals surface area contributed by atoms with E-state index in [0.29, 0.717) is 11.4 Å². The van der Waals surface area contributed by atoms with Gasteiger partial charge in [0.25, 0.3) is 0 Å². The molecule has 2 aromatic rings. The van der Waals surface area contributed by atoms with Gasteiger partial charge in [-0.2, -0.15) is 5.10 Å². The number of anilines is 1. The number of hydrogen-bond donors (Lipinski definition) is 3. The lowest BCUT2D eigenvalue weighted by Crippen LogP contribution is -2.31. The Bertz CT molecular complexity index is 767. The largest absolute Gasteiger partial charge is 0.399 e. The van der Waals surface area contributed by atoms with Crippen molar-refractivity contribution in [2.45, 2.75) is 37.1 Å². The Morgan fingerprint density at radius 2 is 2.24 bits per heavy atom. The number of nitrogens with zero attached hydrogens (tertiary/aromatic N) is 1. The Morgan fingerprint density at radius 3 is 2.95 bits per heavy atom. The van der Waals surface area contributed by atoms with Crippen molar-refractivity contribution in [3.63, 3.8) is 0 Å². The summed E-state index contributed by atoms with van der Waals surface area (Å²) in [5.74, 6) is 0. The number of hydrogen-bond acceptors (Lipinski definition) is 4. The number of fused-ring (bicyclic) bond motifs is 1. The van der Waals surface area contributed by atoms with E-state index < -0.39 is 10.0 Å². The van der Waals surface area contributed by atoms with Crippen molar-refractivity contribution < 1.29 is 8.42 Å². The summed E-state index contributed by atoms with van der Waals surface area (Å²) in [6.07, 6.45) is 3.99. The Balaban J connectivity index is 1.92. The first-order valence-electron chi connectivity index (χ1n) is 6.88. The number of sulfonamides is 1. The molecule has 3 rings (SSSR count). The number of nitrogen functional groups attached to an aromatic ring is 1. The number of aromatic amines is 1. The van der Waals surface area contributed by atoms with Crippen LogP contribution in [0.1, 0.15) is 35.7 Å². The fraction of sp³-hybridized carbons (Fsp3) is 0.357. The second-order valence-electron chi connectivity index (χ2n) is 5.38. The summed E-state index contributed by atoms with van der Waals surface area (Å²) in [6, 6.07) is 5.45. The van der Waals surface area contributed by atoms with Gasteiger partial charge in [0, 0.05) is 11.7 Å². The third-order valence-electron chi connectivity index (χ3n) is 3.85. The molecule has 0 fully saturated rings. The summed E-state index contributed by atoms with van der Waals surface area (Å²) < 4.78 is 27.7. The van der Waals surface area contributed by atoms with Crippen LogP contribution in [0.5, 0.6) is 0 Å². The van der Waals surface area contributed by atoms with E-state index in [9.17, 15) is 8.42 Å². The molecule has 1 aliphatic rings. The standard InChI is InChI=1S/C14H18N4O2S/c1-9-14(8-16-17-9)21(19,20)18-13-4-2-3-10-7-11(15)5-6-12(10)13/h5-8,13,18H,2-4,15H2,1H3,(H,16,17). The maximum absolute atomic E-state index is 12.5. The van der Waals surface area contributed by atoms with E-state index >= 15 is 0 Å². The zero-order valence-electron chi connectivity index (χ0n) is 11.8. The molecule has 0 spiro atoms. The first-order chi connectivity index (χ1) is 9.97. The molecule has 21 heavy (non-hydrogen) atoms. The van der Waals surface area contributed by atoms with Gasteiger partial charge in [-0.25, -0.2) is 13.1 Å². The van der Waals surface area contributed by atoms with E-state index in [4.69, 9.17) is 5.73 Å². The molecule has 1 aromatic carbocycles. The highest BCUT2D eigenvalue weighted by molar-refractivity contribution is 7.89. The molecule has 0 aliphatic heterocycles. The van der Waals surface area contributed by atoms with Crippen LogP contribution in [0.15, 0.2) is 29.3 Å². The van der Waals surface area contributed by atoms with Gasteiger partial charge in [0.05, 0.1) is 11.9 Å². The molecule has 0 saturated carbocycles. The number of rotatable bonds is 3. The van der Waals surface area contributed by atoms with Crippen LogP contribution in [0.2, 0.25) is 0 Å². The summed E-state index contributed by atoms with van der Waals surface area (Å²) in [4.78, 5) is 0.199. The molecule has 6 nitrogen and oxygen atoms in total. The third kappa shape index (κ3) is 2.66. The first-order valence-corrected chi connectivity index (χ1v) is 8.36. The highest BCUT2D eigenvalue weighted by Gasteiger charge is 2.27. The van der Waals surface area contributed by atoms with Gasteiger partial charge < -0.3 is 5.73 Å². The molecule has 1 aromatic heterocycles. The average Bonchev–Trinajstić information content (AvgIpc) is 2.85. The van der Waals surface area contributed by atoms with Crippen molar-refractivity contribution in [3.05, 3.63) is 41.2 Å². The second kappa shape index (κ2) is 5.16. The van der Waals surface area contributed by atoms with Crippen LogP contribution in [0, 0.1) is 6.92 Å². The normalized spacial score (nSPS) is 18.4. The smallest absolute Gasteiger partial charge is 0.244 e. The summed E-state index contributed by atoms with van der Waals surface area (Å²) >= 11 is 0. The minimum absolute atomic E-state index is 0.199. The van der Waals surface area contributed by atoms with Crippen LogP contribution in [0.4, 0.5) is 5.69 Å². The SMILES string of the molecule is Cc1[nH]ncc1S(=O)(=O)NC1CCCc2cc(N)ccc21. The minimum Gasteiger partial charge on any atom is -0.399 e. The first kappa shape index (κ1) is 14.1. The minimum atomic E-state index is -3.58. The molecule has 7 heteroatoms.